The molecule has 0 saturated heterocycles. The Bertz CT molecular complexity index is 968. The zero-order valence-electron chi connectivity index (χ0n) is 15.6. The first-order valence-electron chi connectivity index (χ1n) is 8.51. The third-order valence-electron chi connectivity index (χ3n) is 4.30. The van der Waals surface area contributed by atoms with Gasteiger partial charge in [0, 0.05) is 5.69 Å². The van der Waals surface area contributed by atoms with Crippen LogP contribution in [0.1, 0.15) is 42.5 Å². The van der Waals surface area contributed by atoms with Crippen LogP contribution in [0.3, 0.4) is 0 Å². The summed E-state index contributed by atoms with van der Waals surface area (Å²) in [6, 6.07) is 11.9. The molecule has 3 aromatic rings. The van der Waals surface area contributed by atoms with Crippen molar-refractivity contribution >= 4 is 23.2 Å². The van der Waals surface area contributed by atoms with Crippen LogP contribution in [-0.2, 0) is 5.41 Å². The lowest BCUT2D eigenvalue weighted by molar-refractivity contribution is 0.102. The zero-order valence-corrected chi connectivity index (χ0v) is 16.3. The van der Waals surface area contributed by atoms with Gasteiger partial charge in [0.2, 0.25) is 0 Å². The molecule has 1 amide bonds. The van der Waals surface area contributed by atoms with E-state index in [9.17, 15) is 9.18 Å². The van der Waals surface area contributed by atoms with E-state index in [0.717, 1.165) is 5.56 Å². The number of halogens is 2. The van der Waals surface area contributed by atoms with Crippen LogP contribution in [-0.4, -0.2) is 11.1 Å². The van der Waals surface area contributed by atoms with Crippen molar-refractivity contribution in [3.63, 3.8) is 0 Å². The fraction of sp³-hybridized carbons (Fsp3) is 0.238. The molecular weight excluding hydrogens is 367 g/mol. The summed E-state index contributed by atoms with van der Waals surface area (Å²) in [5.74, 6) is -0.723. The van der Waals surface area contributed by atoms with Crippen molar-refractivity contribution in [3.05, 3.63) is 70.2 Å². The third-order valence-corrected chi connectivity index (χ3v) is 4.61. The second kappa shape index (κ2) is 7.16. The number of benzene rings is 2. The predicted molar refractivity (Wildman–Crippen MR) is 105 cm³/mol. The van der Waals surface area contributed by atoms with E-state index >= 15 is 0 Å². The molecule has 1 aromatic heterocycles. The van der Waals surface area contributed by atoms with Gasteiger partial charge in [0.1, 0.15) is 22.8 Å². The number of carbonyl (C=O) groups excluding carboxylic acids is 1. The topological polar surface area (TPSA) is 55.1 Å². The van der Waals surface area contributed by atoms with E-state index in [-0.39, 0.29) is 33.0 Å². The molecule has 27 heavy (non-hydrogen) atoms. The quantitative estimate of drug-likeness (QED) is 0.601. The number of nitrogens with one attached hydrogen (secondary N) is 1. The van der Waals surface area contributed by atoms with Gasteiger partial charge in [-0.15, -0.1) is 0 Å². The highest BCUT2D eigenvalue weighted by atomic mass is 35.5. The monoisotopic (exact) mass is 386 g/mol. The SMILES string of the molecule is Cc1onc(-c2c(F)cccc2Cl)c1C(=O)Nc1ccc(C(C)(C)C)cc1. The molecule has 4 nitrogen and oxygen atoms in total. The summed E-state index contributed by atoms with van der Waals surface area (Å²) in [7, 11) is 0. The molecule has 0 saturated carbocycles. The minimum Gasteiger partial charge on any atom is -0.360 e. The van der Waals surface area contributed by atoms with E-state index in [1.54, 1.807) is 6.92 Å². The van der Waals surface area contributed by atoms with Crippen LogP contribution >= 0.6 is 11.6 Å². The van der Waals surface area contributed by atoms with Gasteiger partial charge in [-0.25, -0.2) is 4.39 Å². The number of hydrogen-bond donors (Lipinski definition) is 1. The van der Waals surface area contributed by atoms with Crippen LogP contribution < -0.4 is 5.32 Å². The predicted octanol–water partition coefficient (Wildman–Crippen LogP) is 5.99. The number of amides is 1. The molecular formula is C21H20ClFN2O2. The number of aromatic nitrogens is 1. The van der Waals surface area contributed by atoms with E-state index in [1.165, 1.54) is 18.2 Å². The summed E-state index contributed by atoms with van der Waals surface area (Å²) < 4.78 is 19.4. The van der Waals surface area contributed by atoms with Gasteiger partial charge in [-0.3, -0.25) is 4.79 Å². The van der Waals surface area contributed by atoms with Crippen molar-refractivity contribution in [2.24, 2.45) is 0 Å². The fourth-order valence-electron chi connectivity index (χ4n) is 2.78. The first-order chi connectivity index (χ1) is 12.7. The Balaban J connectivity index is 1.94. The van der Waals surface area contributed by atoms with Gasteiger partial charge in [-0.1, -0.05) is 55.7 Å². The third kappa shape index (κ3) is 3.88. The van der Waals surface area contributed by atoms with Gasteiger partial charge in [-0.05, 0) is 42.2 Å². The maximum atomic E-state index is 14.3. The summed E-state index contributed by atoms with van der Waals surface area (Å²) in [5.41, 5.74) is 2.08. The second-order valence-corrected chi connectivity index (χ2v) is 7.75. The average Bonchev–Trinajstić information content (AvgIpc) is 2.96. The van der Waals surface area contributed by atoms with Gasteiger partial charge in [0.15, 0.2) is 0 Å². The number of rotatable bonds is 3. The molecule has 0 fully saturated rings. The molecule has 0 spiro atoms. The van der Waals surface area contributed by atoms with Crippen molar-refractivity contribution in [1.82, 2.24) is 5.16 Å². The molecule has 140 valence electrons. The largest absolute Gasteiger partial charge is 0.360 e. The Morgan fingerprint density at radius 2 is 1.81 bits per heavy atom. The highest BCUT2D eigenvalue weighted by Crippen LogP contribution is 2.34. The molecule has 0 aliphatic heterocycles. The molecule has 0 atom stereocenters. The number of anilines is 1. The lowest BCUT2D eigenvalue weighted by atomic mass is 9.87. The maximum absolute atomic E-state index is 14.3. The van der Waals surface area contributed by atoms with Crippen LogP contribution in [0, 0.1) is 12.7 Å². The maximum Gasteiger partial charge on any atom is 0.261 e. The summed E-state index contributed by atoms with van der Waals surface area (Å²) >= 11 is 6.12. The standard InChI is InChI=1S/C21H20ClFN2O2/c1-12-17(19(25-27-12)18-15(22)6-5-7-16(18)23)20(26)24-14-10-8-13(9-11-14)21(2,3)4/h5-11H,1-4H3,(H,24,26). The number of nitrogens with zero attached hydrogens (tertiary/aromatic N) is 1. The Kier molecular flexibility index (Phi) is 5.07. The fourth-order valence-corrected chi connectivity index (χ4v) is 3.03. The van der Waals surface area contributed by atoms with E-state index in [0.29, 0.717) is 5.69 Å². The van der Waals surface area contributed by atoms with Crippen LogP contribution in [0.4, 0.5) is 10.1 Å². The van der Waals surface area contributed by atoms with E-state index in [1.807, 2.05) is 24.3 Å². The minimum absolute atomic E-state index is 0.0162. The molecule has 0 aliphatic rings. The van der Waals surface area contributed by atoms with Crippen LogP contribution in [0.15, 0.2) is 47.0 Å². The van der Waals surface area contributed by atoms with Gasteiger partial charge in [0.05, 0.1) is 10.6 Å². The lowest BCUT2D eigenvalue weighted by Gasteiger charge is -2.19. The first kappa shape index (κ1) is 19.1. The molecule has 3 rings (SSSR count). The Morgan fingerprint density at radius 1 is 1.15 bits per heavy atom. The molecule has 0 unspecified atom stereocenters. The van der Waals surface area contributed by atoms with Gasteiger partial charge in [-0.2, -0.15) is 0 Å². The van der Waals surface area contributed by atoms with Crippen LogP contribution in [0.2, 0.25) is 5.02 Å². The van der Waals surface area contributed by atoms with Crippen molar-refractivity contribution in [2.75, 3.05) is 5.32 Å². The summed E-state index contributed by atoms with van der Waals surface area (Å²) in [6.45, 7) is 7.95. The Labute approximate surface area is 162 Å². The van der Waals surface area contributed by atoms with Gasteiger partial charge in [0.25, 0.3) is 5.91 Å². The van der Waals surface area contributed by atoms with Crippen LogP contribution in [0.25, 0.3) is 11.3 Å². The Hall–Kier alpha value is -2.66. The van der Waals surface area contributed by atoms with Crippen LogP contribution in [0.5, 0.6) is 0 Å². The summed E-state index contributed by atoms with van der Waals surface area (Å²) in [6.07, 6.45) is 0. The Morgan fingerprint density at radius 3 is 2.41 bits per heavy atom. The molecule has 0 radical (unpaired) electrons. The molecule has 6 heteroatoms. The van der Waals surface area contributed by atoms with Crippen molar-refractivity contribution < 1.29 is 13.7 Å². The molecule has 1 heterocycles. The number of hydrogen-bond acceptors (Lipinski definition) is 3. The number of carbonyl (C=O) groups is 1. The van der Waals surface area contributed by atoms with E-state index in [2.05, 4.69) is 31.2 Å². The molecule has 0 aliphatic carbocycles. The average molecular weight is 387 g/mol. The van der Waals surface area contributed by atoms with E-state index < -0.39 is 11.7 Å². The highest BCUT2D eigenvalue weighted by Gasteiger charge is 2.25. The van der Waals surface area contributed by atoms with Gasteiger partial charge < -0.3 is 9.84 Å². The molecule has 1 N–H and O–H groups in total. The van der Waals surface area contributed by atoms with Crippen molar-refractivity contribution in [3.8, 4) is 11.3 Å². The lowest BCUT2D eigenvalue weighted by Crippen LogP contribution is -2.15. The zero-order chi connectivity index (χ0) is 19.8. The molecule has 0 bridgehead atoms. The highest BCUT2D eigenvalue weighted by molar-refractivity contribution is 6.33. The number of aryl methyl sites for hydroxylation is 1. The first-order valence-corrected chi connectivity index (χ1v) is 8.89. The summed E-state index contributed by atoms with van der Waals surface area (Å²) in [5, 5.41) is 6.82. The smallest absolute Gasteiger partial charge is 0.261 e. The molecule has 2 aromatic carbocycles. The van der Waals surface area contributed by atoms with Crippen molar-refractivity contribution in [2.45, 2.75) is 33.1 Å². The van der Waals surface area contributed by atoms with Crippen molar-refractivity contribution in [1.29, 1.82) is 0 Å². The summed E-state index contributed by atoms with van der Waals surface area (Å²) in [4.78, 5) is 12.8. The normalized spacial score (nSPS) is 11.5. The minimum atomic E-state index is -0.570. The van der Waals surface area contributed by atoms with E-state index in [4.69, 9.17) is 16.1 Å². The second-order valence-electron chi connectivity index (χ2n) is 7.34. The van der Waals surface area contributed by atoms with Gasteiger partial charge >= 0.3 is 0 Å².